The standard InChI is InChI=1S/C21H29N3O2/c1-3-19-22-16(2)20(26-19)21(25)23-18-12-8-14-24(15-18)13-7-11-17-9-5-4-6-10-17/h4-6,9-10,18H,3,7-8,11-15H2,1-2H3,(H,23,25)/t18-/m1/s1. The van der Waals surface area contributed by atoms with Gasteiger partial charge >= 0.3 is 0 Å². The molecular weight excluding hydrogens is 326 g/mol. The van der Waals surface area contributed by atoms with Crippen molar-refractivity contribution in [3.8, 4) is 0 Å². The van der Waals surface area contributed by atoms with E-state index in [0.29, 0.717) is 23.8 Å². The Hall–Kier alpha value is -2.14. The Morgan fingerprint density at radius 2 is 2.15 bits per heavy atom. The maximum Gasteiger partial charge on any atom is 0.289 e. The summed E-state index contributed by atoms with van der Waals surface area (Å²) in [5.74, 6) is 0.854. The number of aryl methyl sites for hydroxylation is 3. The number of hydrogen-bond donors (Lipinski definition) is 1. The summed E-state index contributed by atoms with van der Waals surface area (Å²) in [4.78, 5) is 19.3. The Morgan fingerprint density at radius 1 is 1.35 bits per heavy atom. The van der Waals surface area contributed by atoms with E-state index in [4.69, 9.17) is 4.42 Å². The van der Waals surface area contributed by atoms with Crippen LogP contribution < -0.4 is 5.32 Å². The summed E-state index contributed by atoms with van der Waals surface area (Å²) in [6, 6.07) is 10.8. The molecule has 5 heteroatoms. The lowest BCUT2D eigenvalue weighted by Gasteiger charge is -2.33. The quantitative estimate of drug-likeness (QED) is 0.827. The van der Waals surface area contributed by atoms with Crippen molar-refractivity contribution in [3.63, 3.8) is 0 Å². The minimum atomic E-state index is -0.133. The van der Waals surface area contributed by atoms with Gasteiger partial charge in [0.15, 0.2) is 5.89 Å². The molecule has 1 N–H and O–H groups in total. The molecule has 1 aliphatic rings. The molecule has 0 spiro atoms. The third kappa shape index (κ3) is 4.94. The highest BCUT2D eigenvalue weighted by molar-refractivity contribution is 5.92. The van der Waals surface area contributed by atoms with Crippen LogP contribution in [0.5, 0.6) is 0 Å². The van der Waals surface area contributed by atoms with Crippen LogP contribution in [-0.4, -0.2) is 41.5 Å². The van der Waals surface area contributed by atoms with Gasteiger partial charge in [-0.1, -0.05) is 37.3 Å². The number of carbonyl (C=O) groups excluding carboxylic acids is 1. The number of amides is 1. The van der Waals surface area contributed by atoms with E-state index in [1.165, 1.54) is 5.56 Å². The molecule has 1 amide bonds. The van der Waals surface area contributed by atoms with Crippen LogP contribution in [0.15, 0.2) is 34.7 Å². The molecule has 140 valence electrons. The lowest BCUT2D eigenvalue weighted by atomic mass is 10.0. The zero-order chi connectivity index (χ0) is 18.4. The first kappa shape index (κ1) is 18.6. The minimum absolute atomic E-state index is 0.133. The average Bonchev–Trinajstić information content (AvgIpc) is 3.04. The molecule has 26 heavy (non-hydrogen) atoms. The molecule has 1 atom stereocenters. The van der Waals surface area contributed by atoms with Gasteiger partial charge in [-0.25, -0.2) is 4.98 Å². The number of oxazole rings is 1. The van der Waals surface area contributed by atoms with Crippen molar-refractivity contribution in [3.05, 3.63) is 53.2 Å². The van der Waals surface area contributed by atoms with Crippen LogP contribution in [0, 0.1) is 6.92 Å². The summed E-state index contributed by atoms with van der Waals surface area (Å²) >= 11 is 0. The van der Waals surface area contributed by atoms with E-state index in [9.17, 15) is 4.79 Å². The van der Waals surface area contributed by atoms with Gasteiger partial charge in [0.05, 0.1) is 5.69 Å². The highest BCUT2D eigenvalue weighted by atomic mass is 16.4. The molecule has 0 radical (unpaired) electrons. The van der Waals surface area contributed by atoms with Gasteiger partial charge in [-0.3, -0.25) is 4.79 Å². The molecule has 0 saturated carbocycles. The first-order valence-electron chi connectivity index (χ1n) is 9.69. The van der Waals surface area contributed by atoms with Gasteiger partial charge in [0.25, 0.3) is 5.91 Å². The van der Waals surface area contributed by atoms with E-state index in [1.54, 1.807) is 0 Å². The first-order valence-corrected chi connectivity index (χ1v) is 9.69. The number of nitrogens with one attached hydrogen (secondary N) is 1. The fourth-order valence-corrected chi connectivity index (χ4v) is 3.59. The number of hydrogen-bond acceptors (Lipinski definition) is 4. The highest BCUT2D eigenvalue weighted by Gasteiger charge is 2.24. The number of carbonyl (C=O) groups is 1. The molecule has 1 fully saturated rings. The number of aromatic nitrogens is 1. The van der Waals surface area contributed by atoms with Crippen molar-refractivity contribution in [1.29, 1.82) is 0 Å². The second-order valence-electron chi connectivity index (χ2n) is 7.08. The topological polar surface area (TPSA) is 58.4 Å². The summed E-state index contributed by atoms with van der Waals surface area (Å²) < 4.78 is 5.57. The van der Waals surface area contributed by atoms with Gasteiger partial charge in [0, 0.05) is 19.0 Å². The van der Waals surface area contributed by atoms with E-state index in [0.717, 1.165) is 45.3 Å². The van der Waals surface area contributed by atoms with Gasteiger partial charge in [-0.2, -0.15) is 0 Å². The van der Waals surface area contributed by atoms with Crippen LogP contribution in [0.3, 0.4) is 0 Å². The Kier molecular flexibility index (Phi) is 6.45. The normalized spacial score (nSPS) is 18.0. The van der Waals surface area contributed by atoms with E-state index in [2.05, 4.69) is 45.5 Å². The van der Waals surface area contributed by atoms with Gasteiger partial charge in [-0.15, -0.1) is 0 Å². The lowest BCUT2D eigenvalue weighted by Crippen LogP contribution is -2.48. The van der Waals surface area contributed by atoms with Crippen molar-refractivity contribution in [1.82, 2.24) is 15.2 Å². The molecule has 2 heterocycles. The van der Waals surface area contributed by atoms with E-state index >= 15 is 0 Å². The molecule has 0 aliphatic carbocycles. The number of nitrogens with zero attached hydrogens (tertiary/aromatic N) is 2. The third-order valence-corrected chi connectivity index (χ3v) is 4.97. The van der Waals surface area contributed by atoms with Crippen LogP contribution in [0.2, 0.25) is 0 Å². The molecule has 2 aromatic rings. The van der Waals surface area contributed by atoms with E-state index < -0.39 is 0 Å². The number of rotatable bonds is 7. The number of likely N-dealkylation sites (tertiary alicyclic amines) is 1. The Bertz CT molecular complexity index is 711. The van der Waals surface area contributed by atoms with Gasteiger partial charge in [-0.05, 0) is 51.3 Å². The first-order chi connectivity index (χ1) is 12.7. The fourth-order valence-electron chi connectivity index (χ4n) is 3.59. The summed E-state index contributed by atoms with van der Waals surface area (Å²) in [6.45, 7) is 6.90. The van der Waals surface area contributed by atoms with Crippen molar-refractivity contribution in [2.45, 2.75) is 52.0 Å². The Labute approximate surface area is 155 Å². The van der Waals surface area contributed by atoms with Crippen LogP contribution in [0.1, 0.15) is 53.9 Å². The molecule has 5 nitrogen and oxygen atoms in total. The zero-order valence-corrected chi connectivity index (χ0v) is 15.8. The summed E-state index contributed by atoms with van der Waals surface area (Å²) in [7, 11) is 0. The molecule has 1 aromatic carbocycles. The molecule has 1 aliphatic heterocycles. The Balaban J connectivity index is 1.47. The third-order valence-electron chi connectivity index (χ3n) is 4.97. The summed E-state index contributed by atoms with van der Waals surface area (Å²) in [5.41, 5.74) is 2.07. The molecule has 3 rings (SSSR count). The van der Waals surface area contributed by atoms with Crippen molar-refractivity contribution in [2.75, 3.05) is 19.6 Å². The predicted molar refractivity (Wildman–Crippen MR) is 102 cm³/mol. The Morgan fingerprint density at radius 3 is 2.88 bits per heavy atom. The molecule has 0 bridgehead atoms. The minimum Gasteiger partial charge on any atom is -0.435 e. The molecule has 1 aromatic heterocycles. The smallest absolute Gasteiger partial charge is 0.289 e. The number of benzene rings is 1. The SMILES string of the molecule is CCc1nc(C)c(C(=O)N[C@@H]2CCCN(CCCc3ccccc3)C2)o1. The second kappa shape index (κ2) is 8.99. The van der Waals surface area contributed by atoms with Gasteiger partial charge < -0.3 is 14.6 Å². The predicted octanol–water partition coefficient (Wildman–Crippen LogP) is 3.37. The molecular formula is C21H29N3O2. The van der Waals surface area contributed by atoms with Crippen LogP contribution >= 0.6 is 0 Å². The van der Waals surface area contributed by atoms with Crippen molar-refractivity contribution in [2.24, 2.45) is 0 Å². The summed E-state index contributed by atoms with van der Waals surface area (Å²) in [6.07, 6.45) is 5.09. The molecule has 1 saturated heterocycles. The molecule has 0 unspecified atom stereocenters. The van der Waals surface area contributed by atoms with Crippen LogP contribution in [0.25, 0.3) is 0 Å². The highest BCUT2D eigenvalue weighted by Crippen LogP contribution is 2.15. The summed E-state index contributed by atoms with van der Waals surface area (Å²) in [5, 5.41) is 3.14. The van der Waals surface area contributed by atoms with Crippen LogP contribution in [0.4, 0.5) is 0 Å². The fraction of sp³-hybridized carbons (Fsp3) is 0.524. The van der Waals surface area contributed by atoms with Gasteiger partial charge in [0.2, 0.25) is 5.76 Å². The second-order valence-corrected chi connectivity index (χ2v) is 7.08. The monoisotopic (exact) mass is 355 g/mol. The zero-order valence-electron chi connectivity index (χ0n) is 15.8. The van der Waals surface area contributed by atoms with Crippen LogP contribution in [-0.2, 0) is 12.8 Å². The van der Waals surface area contributed by atoms with E-state index in [-0.39, 0.29) is 11.9 Å². The largest absolute Gasteiger partial charge is 0.435 e. The van der Waals surface area contributed by atoms with E-state index in [1.807, 2.05) is 13.8 Å². The van der Waals surface area contributed by atoms with Crippen molar-refractivity contribution >= 4 is 5.91 Å². The van der Waals surface area contributed by atoms with Gasteiger partial charge in [0.1, 0.15) is 0 Å². The number of piperidine rings is 1. The maximum atomic E-state index is 12.5. The maximum absolute atomic E-state index is 12.5. The average molecular weight is 355 g/mol. The lowest BCUT2D eigenvalue weighted by molar-refractivity contribution is 0.0873. The van der Waals surface area contributed by atoms with Crippen molar-refractivity contribution < 1.29 is 9.21 Å².